The van der Waals surface area contributed by atoms with Crippen LogP contribution in [0, 0.1) is 6.92 Å². The Hall–Kier alpha value is -1.69. The summed E-state index contributed by atoms with van der Waals surface area (Å²) >= 11 is 0. The van der Waals surface area contributed by atoms with Gasteiger partial charge in [0.2, 0.25) is 0 Å². The number of aromatic nitrogens is 2. The molecule has 0 saturated carbocycles. The maximum Gasteiger partial charge on any atom is 0.0535 e. The van der Waals surface area contributed by atoms with Gasteiger partial charge >= 0.3 is 0 Å². The van der Waals surface area contributed by atoms with Gasteiger partial charge in [-0.15, -0.1) is 0 Å². The molecule has 0 spiro atoms. The molecule has 0 amide bonds. The molecule has 0 unspecified atom stereocenters. The molecule has 2 heterocycles. The van der Waals surface area contributed by atoms with Crippen molar-refractivity contribution in [2.45, 2.75) is 20.0 Å². The van der Waals surface area contributed by atoms with E-state index in [1.807, 2.05) is 6.20 Å². The van der Waals surface area contributed by atoms with Crippen LogP contribution in [0.15, 0.2) is 36.5 Å². The Kier molecular flexibility index (Phi) is 5.80. The van der Waals surface area contributed by atoms with Crippen LogP contribution in [0.1, 0.15) is 16.8 Å². The number of rotatable bonds is 7. The van der Waals surface area contributed by atoms with E-state index in [0.29, 0.717) is 0 Å². The first-order chi connectivity index (χ1) is 11.3. The number of nitrogens with one attached hydrogen (secondary N) is 2. The minimum absolute atomic E-state index is 0.899. The standard InChI is InChI=1S/C18H27N5/c1-16-18(14-20-21-16)13-19-7-8-22-9-11-23(12-10-22)15-17-5-3-2-4-6-17/h2-6,14,19H,7-13,15H2,1H3,(H,20,21). The molecule has 1 saturated heterocycles. The maximum atomic E-state index is 4.05. The van der Waals surface area contributed by atoms with Crippen molar-refractivity contribution < 1.29 is 0 Å². The molecule has 0 bridgehead atoms. The van der Waals surface area contributed by atoms with E-state index in [1.165, 1.54) is 24.2 Å². The summed E-state index contributed by atoms with van der Waals surface area (Å²) in [6.45, 7) is 10.8. The number of aromatic amines is 1. The van der Waals surface area contributed by atoms with Crippen molar-refractivity contribution in [3.63, 3.8) is 0 Å². The van der Waals surface area contributed by atoms with Crippen LogP contribution in [-0.4, -0.2) is 59.3 Å². The van der Waals surface area contributed by atoms with Gasteiger partial charge in [-0.25, -0.2) is 0 Å². The van der Waals surface area contributed by atoms with Crippen LogP contribution in [0.5, 0.6) is 0 Å². The number of piperazine rings is 1. The molecule has 1 aromatic heterocycles. The highest BCUT2D eigenvalue weighted by molar-refractivity contribution is 5.14. The molecular formula is C18H27N5. The van der Waals surface area contributed by atoms with Gasteiger partial charge in [0.1, 0.15) is 0 Å². The third kappa shape index (κ3) is 4.89. The Balaban J connectivity index is 1.31. The molecule has 1 aromatic carbocycles. The van der Waals surface area contributed by atoms with Crippen molar-refractivity contribution >= 4 is 0 Å². The Labute approximate surface area is 138 Å². The molecular weight excluding hydrogens is 286 g/mol. The lowest BCUT2D eigenvalue weighted by Crippen LogP contribution is -2.47. The summed E-state index contributed by atoms with van der Waals surface area (Å²) in [4.78, 5) is 5.10. The molecule has 5 heteroatoms. The fraction of sp³-hybridized carbons (Fsp3) is 0.500. The Bertz CT molecular complexity index is 572. The predicted molar refractivity (Wildman–Crippen MR) is 93.2 cm³/mol. The fourth-order valence-electron chi connectivity index (χ4n) is 3.03. The quantitative estimate of drug-likeness (QED) is 0.763. The summed E-state index contributed by atoms with van der Waals surface area (Å²) in [6, 6.07) is 10.8. The average molecular weight is 313 g/mol. The molecule has 124 valence electrons. The molecule has 0 aliphatic carbocycles. The first kappa shape index (κ1) is 16.2. The van der Waals surface area contributed by atoms with Gasteiger partial charge in [-0.2, -0.15) is 5.10 Å². The van der Waals surface area contributed by atoms with Gasteiger partial charge in [-0.1, -0.05) is 30.3 Å². The second-order valence-electron chi connectivity index (χ2n) is 6.30. The van der Waals surface area contributed by atoms with Gasteiger partial charge < -0.3 is 5.32 Å². The molecule has 1 fully saturated rings. The van der Waals surface area contributed by atoms with Crippen LogP contribution < -0.4 is 5.32 Å². The first-order valence-corrected chi connectivity index (χ1v) is 8.49. The zero-order valence-corrected chi connectivity index (χ0v) is 14.0. The van der Waals surface area contributed by atoms with Gasteiger partial charge in [0.15, 0.2) is 0 Å². The summed E-state index contributed by atoms with van der Waals surface area (Å²) < 4.78 is 0. The van der Waals surface area contributed by atoms with Crippen LogP contribution in [0.4, 0.5) is 0 Å². The minimum atomic E-state index is 0.899. The van der Waals surface area contributed by atoms with E-state index in [4.69, 9.17) is 0 Å². The highest BCUT2D eigenvalue weighted by Gasteiger charge is 2.16. The lowest BCUT2D eigenvalue weighted by molar-refractivity contribution is 0.127. The molecule has 0 atom stereocenters. The molecule has 23 heavy (non-hydrogen) atoms. The van der Waals surface area contributed by atoms with Crippen molar-refractivity contribution in [1.82, 2.24) is 25.3 Å². The maximum absolute atomic E-state index is 4.05. The zero-order valence-electron chi connectivity index (χ0n) is 14.0. The zero-order chi connectivity index (χ0) is 15.9. The number of aryl methyl sites for hydroxylation is 1. The van der Waals surface area contributed by atoms with Gasteiger partial charge in [-0.3, -0.25) is 14.9 Å². The second kappa shape index (κ2) is 8.24. The monoisotopic (exact) mass is 313 g/mol. The van der Waals surface area contributed by atoms with E-state index < -0.39 is 0 Å². The molecule has 5 nitrogen and oxygen atoms in total. The summed E-state index contributed by atoms with van der Waals surface area (Å²) in [5.41, 5.74) is 3.84. The molecule has 1 aliphatic rings. The van der Waals surface area contributed by atoms with E-state index in [2.05, 4.69) is 62.6 Å². The minimum Gasteiger partial charge on any atom is -0.311 e. The van der Waals surface area contributed by atoms with Crippen LogP contribution in [0.3, 0.4) is 0 Å². The van der Waals surface area contributed by atoms with Crippen molar-refractivity contribution in [1.29, 1.82) is 0 Å². The highest BCUT2D eigenvalue weighted by Crippen LogP contribution is 2.08. The smallest absolute Gasteiger partial charge is 0.0535 e. The van der Waals surface area contributed by atoms with E-state index in [-0.39, 0.29) is 0 Å². The van der Waals surface area contributed by atoms with Crippen LogP contribution >= 0.6 is 0 Å². The van der Waals surface area contributed by atoms with Crippen LogP contribution in [0.25, 0.3) is 0 Å². The summed E-state index contributed by atoms with van der Waals surface area (Å²) in [6.07, 6.45) is 1.91. The summed E-state index contributed by atoms with van der Waals surface area (Å²) in [7, 11) is 0. The highest BCUT2D eigenvalue weighted by atomic mass is 15.3. The van der Waals surface area contributed by atoms with Gasteiger partial charge in [0.05, 0.1) is 6.20 Å². The van der Waals surface area contributed by atoms with E-state index in [0.717, 1.165) is 45.0 Å². The van der Waals surface area contributed by atoms with Crippen LogP contribution in [-0.2, 0) is 13.1 Å². The number of hydrogen-bond acceptors (Lipinski definition) is 4. The van der Waals surface area contributed by atoms with Crippen LogP contribution in [0.2, 0.25) is 0 Å². The first-order valence-electron chi connectivity index (χ1n) is 8.49. The number of nitrogens with zero attached hydrogens (tertiary/aromatic N) is 3. The lowest BCUT2D eigenvalue weighted by Gasteiger charge is -2.34. The fourth-order valence-corrected chi connectivity index (χ4v) is 3.03. The molecule has 0 radical (unpaired) electrons. The largest absolute Gasteiger partial charge is 0.311 e. The van der Waals surface area contributed by atoms with Gasteiger partial charge in [0, 0.05) is 63.6 Å². The molecule has 2 aromatic rings. The van der Waals surface area contributed by atoms with Gasteiger partial charge in [0.25, 0.3) is 0 Å². The third-order valence-electron chi connectivity index (χ3n) is 4.57. The normalized spacial score (nSPS) is 16.7. The number of benzene rings is 1. The third-order valence-corrected chi connectivity index (χ3v) is 4.57. The average Bonchev–Trinajstić information content (AvgIpc) is 2.99. The molecule has 1 aliphatic heterocycles. The summed E-state index contributed by atoms with van der Waals surface area (Å²) in [5, 5.41) is 10.5. The molecule has 2 N–H and O–H groups in total. The number of hydrogen-bond donors (Lipinski definition) is 2. The lowest BCUT2D eigenvalue weighted by atomic mass is 10.2. The second-order valence-corrected chi connectivity index (χ2v) is 6.30. The van der Waals surface area contributed by atoms with E-state index in [1.54, 1.807) is 0 Å². The Morgan fingerprint density at radius 2 is 1.83 bits per heavy atom. The Morgan fingerprint density at radius 1 is 1.09 bits per heavy atom. The predicted octanol–water partition coefficient (Wildman–Crippen LogP) is 1.63. The van der Waals surface area contributed by atoms with E-state index in [9.17, 15) is 0 Å². The summed E-state index contributed by atoms with van der Waals surface area (Å²) in [5.74, 6) is 0. The SMILES string of the molecule is Cc1[nH]ncc1CNCCN1CCN(Cc2ccccc2)CC1. The van der Waals surface area contributed by atoms with E-state index >= 15 is 0 Å². The topological polar surface area (TPSA) is 47.2 Å². The molecule has 3 rings (SSSR count). The number of H-pyrrole nitrogens is 1. The Morgan fingerprint density at radius 3 is 2.52 bits per heavy atom. The van der Waals surface area contributed by atoms with Crippen molar-refractivity contribution in [3.8, 4) is 0 Å². The van der Waals surface area contributed by atoms with Crippen molar-refractivity contribution in [2.24, 2.45) is 0 Å². The van der Waals surface area contributed by atoms with Gasteiger partial charge in [-0.05, 0) is 12.5 Å². The van der Waals surface area contributed by atoms with Crippen molar-refractivity contribution in [3.05, 3.63) is 53.3 Å². The van der Waals surface area contributed by atoms with Crippen molar-refractivity contribution in [2.75, 3.05) is 39.3 Å².